The summed E-state index contributed by atoms with van der Waals surface area (Å²) in [7, 11) is 1.71. The van der Waals surface area contributed by atoms with Crippen molar-refractivity contribution in [3.8, 4) is 0 Å². The summed E-state index contributed by atoms with van der Waals surface area (Å²) in [5.74, 6) is 1.60. The molecule has 1 aromatic carbocycles. The number of aliphatic imine (C=N–C) groups is 1. The molecule has 30 heavy (non-hydrogen) atoms. The van der Waals surface area contributed by atoms with Gasteiger partial charge in [0.25, 0.3) is 0 Å². The van der Waals surface area contributed by atoms with Crippen LogP contribution in [0.25, 0.3) is 10.9 Å². The highest BCUT2D eigenvalue weighted by Gasteiger charge is 2.24. The van der Waals surface area contributed by atoms with Crippen LogP contribution in [0.3, 0.4) is 0 Å². The Hall–Kier alpha value is -1.32. The second-order valence-electron chi connectivity index (χ2n) is 7.66. The Kier molecular flexibility index (Phi) is 11.0. The van der Waals surface area contributed by atoms with Crippen LogP contribution in [0.5, 0.6) is 0 Å². The fourth-order valence-electron chi connectivity index (χ4n) is 4.04. The highest BCUT2D eigenvalue weighted by atomic mass is 127. The minimum Gasteiger partial charge on any atom is -0.382 e. The summed E-state index contributed by atoms with van der Waals surface area (Å²) in [6.07, 6.45) is 5.29. The molecular weight excluding hydrogens is 491 g/mol. The number of guanidine groups is 1. The molecular formula is C23H37IN4O2. The number of fused-ring (bicyclic) bond motifs is 1. The molecule has 2 N–H and O–H groups in total. The molecule has 168 valence electrons. The minimum atomic E-state index is 0. The van der Waals surface area contributed by atoms with Crippen LogP contribution in [-0.2, 0) is 22.3 Å². The van der Waals surface area contributed by atoms with E-state index in [9.17, 15) is 0 Å². The molecule has 0 spiro atoms. The van der Waals surface area contributed by atoms with Crippen LogP contribution in [0.2, 0.25) is 0 Å². The van der Waals surface area contributed by atoms with Crippen LogP contribution >= 0.6 is 24.0 Å². The Morgan fingerprint density at radius 2 is 2.13 bits per heavy atom. The van der Waals surface area contributed by atoms with Gasteiger partial charge in [-0.05, 0) is 37.3 Å². The first-order valence-corrected chi connectivity index (χ1v) is 10.9. The molecule has 3 rings (SSSR count). The second kappa shape index (κ2) is 13.2. The summed E-state index contributed by atoms with van der Waals surface area (Å²) in [6, 6.07) is 6.57. The lowest BCUT2D eigenvalue weighted by Crippen LogP contribution is -2.40. The maximum atomic E-state index is 5.72. The molecule has 1 atom stereocenters. The summed E-state index contributed by atoms with van der Waals surface area (Å²) >= 11 is 0. The topological polar surface area (TPSA) is 61.9 Å². The maximum Gasteiger partial charge on any atom is 0.193 e. The van der Waals surface area contributed by atoms with Crippen molar-refractivity contribution in [2.45, 2.75) is 33.1 Å². The Labute approximate surface area is 197 Å². The molecule has 6 nitrogen and oxygen atoms in total. The lowest BCUT2D eigenvalue weighted by molar-refractivity contribution is 0.0536. The van der Waals surface area contributed by atoms with Crippen LogP contribution in [0, 0.1) is 5.92 Å². The highest BCUT2D eigenvalue weighted by Crippen LogP contribution is 2.23. The molecule has 0 bridgehead atoms. The molecule has 0 aliphatic carbocycles. The van der Waals surface area contributed by atoms with Gasteiger partial charge in [0.1, 0.15) is 0 Å². The van der Waals surface area contributed by atoms with E-state index in [1.807, 2.05) is 0 Å². The van der Waals surface area contributed by atoms with Gasteiger partial charge in [0, 0.05) is 56.3 Å². The molecule has 7 heteroatoms. The predicted molar refractivity (Wildman–Crippen MR) is 135 cm³/mol. The number of ether oxygens (including phenoxy) is 2. The molecule has 1 aliphatic heterocycles. The van der Waals surface area contributed by atoms with E-state index in [0.29, 0.717) is 19.1 Å². The van der Waals surface area contributed by atoms with E-state index in [1.165, 1.54) is 22.0 Å². The number of hydrogen-bond donors (Lipinski definition) is 2. The molecule has 1 fully saturated rings. The summed E-state index contributed by atoms with van der Waals surface area (Å²) in [5, 5.41) is 4.80. The number of aryl methyl sites for hydroxylation is 1. The van der Waals surface area contributed by atoms with Crippen molar-refractivity contribution < 1.29 is 9.47 Å². The van der Waals surface area contributed by atoms with E-state index >= 15 is 0 Å². The number of rotatable bonds is 10. The summed E-state index contributed by atoms with van der Waals surface area (Å²) in [4.78, 5) is 10.8. The number of para-hydroxylation sites is 1. The fourth-order valence-corrected chi connectivity index (χ4v) is 4.04. The first-order valence-electron chi connectivity index (χ1n) is 10.9. The maximum absolute atomic E-state index is 5.72. The van der Waals surface area contributed by atoms with Crippen molar-refractivity contribution in [3.63, 3.8) is 0 Å². The van der Waals surface area contributed by atoms with Gasteiger partial charge in [0.15, 0.2) is 5.96 Å². The molecule has 0 radical (unpaired) electrons. The van der Waals surface area contributed by atoms with E-state index in [1.54, 1.807) is 7.11 Å². The van der Waals surface area contributed by atoms with Crippen molar-refractivity contribution >= 4 is 40.8 Å². The van der Waals surface area contributed by atoms with E-state index in [4.69, 9.17) is 14.5 Å². The highest BCUT2D eigenvalue weighted by molar-refractivity contribution is 14.0. The molecule has 1 unspecified atom stereocenters. The van der Waals surface area contributed by atoms with E-state index in [-0.39, 0.29) is 24.0 Å². The zero-order valence-electron chi connectivity index (χ0n) is 18.6. The predicted octanol–water partition coefficient (Wildman–Crippen LogP) is 3.84. The number of benzene rings is 1. The van der Waals surface area contributed by atoms with Gasteiger partial charge in [0.05, 0.1) is 19.8 Å². The number of aromatic nitrogens is 1. The van der Waals surface area contributed by atoms with Gasteiger partial charge < -0.3 is 24.7 Å². The number of likely N-dealkylation sites (tertiary alicyclic amines) is 1. The van der Waals surface area contributed by atoms with E-state index < -0.39 is 0 Å². The fraction of sp³-hybridized carbons (Fsp3) is 0.609. The number of nitrogens with zero attached hydrogens (tertiary/aromatic N) is 2. The minimum absolute atomic E-state index is 0. The van der Waals surface area contributed by atoms with Crippen molar-refractivity contribution in [1.29, 1.82) is 0 Å². The number of hydrogen-bond acceptors (Lipinski definition) is 3. The van der Waals surface area contributed by atoms with Gasteiger partial charge in [-0.15, -0.1) is 24.0 Å². The van der Waals surface area contributed by atoms with Gasteiger partial charge in [0.2, 0.25) is 0 Å². The molecule has 0 saturated carbocycles. The van der Waals surface area contributed by atoms with Crippen LogP contribution in [-0.4, -0.2) is 69.0 Å². The Balaban J connectivity index is 0.00000320. The number of halogens is 1. The lowest BCUT2D eigenvalue weighted by Gasteiger charge is -2.21. The quantitative estimate of drug-likeness (QED) is 0.213. The largest absolute Gasteiger partial charge is 0.382 e. The molecule has 1 aliphatic rings. The van der Waals surface area contributed by atoms with Gasteiger partial charge in [-0.1, -0.05) is 25.1 Å². The SMILES string of the molecule is CCNC(=NCCc1c[nH]c2c(CC)cccc12)N1CCC(COCCOC)C1.I. The number of H-pyrrole nitrogens is 1. The van der Waals surface area contributed by atoms with Gasteiger partial charge in [-0.25, -0.2) is 0 Å². The van der Waals surface area contributed by atoms with Crippen LogP contribution in [0.15, 0.2) is 29.4 Å². The smallest absolute Gasteiger partial charge is 0.193 e. The van der Waals surface area contributed by atoms with Crippen molar-refractivity contribution in [2.24, 2.45) is 10.9 Å². The van der Waals surface area contributed by atoms with Crippen LogP contribution < -0.4 is 5.32 Å². The molecule has 2 aromatic rings. The van der Waals surface area contributed by atoms with Gasteiger partial charge in [-0.2, -0.15) is 0 Å². The Morgan fingerprint density at radius 1 is 1.27 bits per heavy atom. The number of nitrogens with one attached hydrogen (secondary N) is 2. The van der Waals surface area contributed by atoms with Crippen molar-refractivity contribution in [2.75, 3.05) is 53.1 Å². The van der Waals surface area contributed by atoms with Crippen LogP contribution in [0.1, 0.15) is 31.4 Å². The van der Waals surface area contributed by atoms with Crippen molar-refractivity contribution in [3.05, 3.63) is 35.5 Å². The standard InChI is InChI=1S/C23H36N4O2.HI/c1-4-19-7-6-8-21-20(15-26-22(19)21)9-11-25-23(24-5-2)27-12-10-18(16-27)17-29-14-13-28-3;/h6-8,15,18,26H,4-5,9-14,16-17H2,1-3H3,(H,24,25);1H. The first kappa shape index (κ1) is 24.9. The van der Waals surface area contributed by atoms with E-state index in [0.717, 1.165) is 58.0 Å². The zero-order valence-corrected chi connectivity index (χ0v) is 20.9. The molecule has 1 saturated heterocycles. The molecule has 1 aromatic heterocycles. The van der Waals surface area contributed by atoms with Gasteiger partial charge in [-0.3, -0.25) is 4.99 Å². The molecule has 2 heterocycles. The summed E-state index contributed by atoms with van der Waals surface area (Å²) in [6.45, 7) is 10.2. The third-order valence-corrected chi connectivity index (χ3v) is 5.62. The number of methoxy groups -OCH3 is 1. The Morgan fingerprint density at radius 3 is 2.90 bits per heavy atom. The number of aromatic amines is 1. The van der Waals surface area contributed by atoms with E-state index in [2.05, 4.69) is 53.4 Å². The first-order chi connectivity index (χ1) is 14.3. The van der Waals surface area contributed by atoms with Gasteiger partial charge >= 0.3 is 0 Å². The van der Waals surface area contributed by atoms with Crippen molar-refractivity contribution in [1.82, 2.24) is 15.2 Å². The average Bonchev–Trinajstić information content (AvgIpc) is 3.38. The lowest BCUT2D eigenvalue weighted by atomic mass is 10.1. The third kappa shape index (κ3) is 6.59. The average molecular weight is 528 g/mol. The monoisotopic (exact) mass is 528 g/mol. The Bertz CT molecular complexity index is 793. The van der Waals surface area contributed by atoms with Crippen LogP contribution in [0.4, 0.5) is 0 Å². The normalized spacial score (nSPS) is 16.8. The molecule has 0 amide bonds. The second-order valence-corrected chi connectivity index (χ2v) is 7.66. The summed E-state index contributed by atoms with van der Waals surface area (Å²) in [5.41, 5.74) is 4.00. The summed E-state index contributed by atoms with van der Waals surface area (Å²) < 4.78 is 10.8. The third-order valence-electron chi connectivity index (χ3n) is 5.62. The zero-order chi connectivity index (χ0) is 20.5.